The minimum absolute atomic E-state index is 0.0242. The van der Waals surface area contributed by atoms with Crippen molar-refractivity contribution in [1.29, 1.82) is 0 Å². The van der Waals surface area contributed by atoms with Gasteiger partial charge in [0.1, 0.15) is 0 Å². The summed E-state index contributed by atoms with van der Waals surface area (Å²) in [7, 11) is 1.63. The first kappa shape index (κ1) is 14.5. The molecule has 0 saturated heterocycles. The summed E-state index contributed by atoms with van der Waals surface area (Å²) in [5.41, 5.74) is 1.79. The minimum atomic E-state index is -0.537. The number of hydrogen-bond acceptors (Lipinski definition) is 3. The predicted molar refractivity (Wildman–Crippen MR) is 73.6 cm³/mol. The van der Waals surface area contributed by atoms with Crippen LogP contribution in [0.2, 0.25) is 0 Å². The van der Waals surface area contributed by atoms with Crippen molar-refractivity contribution < 1.29 is 9.90 Å². The molecule has 1 amide bonds. The van der Waals surface area contributed by atoms with E-state index in [1.54, 1.807) is 14.0 Å². The van der Waals surface area contributed by atoms with Crippen LogP contribution in [0.15, 0.2) is 24.3 Å². The summed E-state index contributed by atoms with van der Waals surface area (Å²) >= 11 is 0. The maximum atomic E-state index is 11.5. The molecule has 0 aliphatic heterocycles. The summed E-state index contributed by atoms with van der Waals surface area (Å²) in [4.78, 5) is 13.5. The smallest absolute Gasteiger partial charge is 0.239 e. The molecule has 4 nitrogen and oxygen atoms in total. The summed E-state index contributed by atoms with van der Waals surface area (Å²) < 4.78 is 0. The zero-order chi connectivity index (χ0) is 13.5. The summed E-state index contributed by atoms with van der Waals surface area (Å²) in [5.74, 6) is -0.0242. The molecule has 0 radical (unpaired) electrons. The largest absolute Gasteiger partial charge is 0.389 e. The first-order chi connectivity index (χ1) is 8.60. The highest BCUT2D eigenvalue weighted by atomic mass is 16.3. The van der Waals surface area contributed by atoms with Crippen LogP contribution >= 0.6 is 0 Å². The van der Waals surface area contributed by atoms with Crippen LogP contribution in [0.25, 0.3) is 0 Å². The van der Waals surface area contributed by atoms with Gasteiger partial charge in [-0.3, -0.25) is 4.79 Å². The first-order valence-electron chi connectivity index (χ1n) is 6.32. The van der Waals surface area contributed by atoms with E-state index in [1.807, 2.05) is 29.2 Å². The van der Waals surface area contributed by atoms with Gasteiger partial charge < -0.3 is 15.3 Å². The van der Waals surface area contributed by atoms with Crippen molar-refractivity contribution >= 4 is 11.6 Å². The Bertz CT molecular complexity index is 391. The second kappa shape index (κ2) is 7.01. The third-order valence-corrected chi connectivity index (χ3v) is 2.83. The number of carbonyl (C=O) groups excluding carboxylic acids is 1. The van der Waals surface area contributed by atoms with Crippen LogP contribution in [0, 0.1) is 0 Å². The monoisotopic (exact) mass is 250 g/mol. The molecule has 0 aromatic heterocycles. The highest BCUT2D eigenvalue weighted by molar-refractivity contribution is 5.81. The highest BCUT2D eigenvalue weighted by Gasteiger charge is 2.15. The molecule has 0 heterocycles. The van der Waals surface area contributed by atoms with Gasteiger partial charge >= 0.3 is 0 Å². The molecule has 1 aromatic rings. The van der Waals surface area contributed by atoms with Crippen LogP contribution in [0.1, 0.15) is 31.9 Å². The number of aliphatic hydroxyl groups excluding tert-OH is 1. The lowest BCUT2D eigenvalue weighted by molar-refractivity contribution is -0.119. The van der Waals surface area contributed by atoms with E-state index in [2.05, 4.69) is 12.2 Å². The Balaban J connectivity index is 3.01. The highest BCUT2D eigenvalue weighted by Crippen LogP contribution is 2.26. The van der Waals surface area contributed by atoms with Gasteiger partial charge in [-0.05, 0) is 19.4 Å². The third-order valence-electron chi connectivity index (χ3n) is 2.83. The van der Waals surface area contributed by atoms with E-state index >= 15 is 0 Å². The van der Waals surface area contributed by atoms with Crippen LogP contribution in [-0.4, -0.2) is 31.2 Å². The van der Waals surface area contributed by atoms with Gasteiger partial charge in [0.25, 0.3) is 0 Å². The normalized spacial score (nSPS) is 12.0. The Morgan fingerprint density at radius 1 is 1.44 bits per heavy atom. The molecule has 0 bridgehead atoms. The van der Waals surface area contributed by atoms with Crippen molar-refractivity contribution in [2.24, 2.45) is 0 Å². The molecule has 18 heavy (non-hydrogen) atoms. The quantitative estimate of drug-likeness (QED) is 0.808. The number of benzene rings is 1. The van der Waals surface area contributed by atoms with Crippen molar-refractivity contribution in [3.8, 4) is 0 Å². The van der Waals surface area contributed by atoms with Crippen molar-refractivity contribution in [3.05, 3.63) is 29.8 Å². The summed E-state index contributed by atoms with van der Waals surface area (Å²) in [5, 5.41) is 12.4. The molecule has 2 N–H and O–H groups in total. The van der Waals surface area contributed by atoms with E-state index in [0.717, 1.165) is 24.2 Å². The SMILES string of the molecule is CCCN(CC(=O)NC)c1ccccc1C(C)O. The van der Waals surface area contributed by atoms with Crippen molar-refractivity contribution in [3.63, 3.8) is 0 Å². The van der Waals surface area contributed by atoms with E-state index in [9.17, 15) is 9.90 Å². The van der Waals surface area contributed by atoms with E-state index < -0.39 is 6.10 Å². The number of carbonyl (C=O) groups is 1. The maximum absolute atomic E-state index is 11.5. The fourth-order valence-corrected chi connectivity index (χ4v) is 1.94. The zero-order valence-corrected chi connectivity index (χ0v) is 11.3. The van der Waals surface area contributed by atoms with Crippen LogP contribution < -0.4 is 10.2 Å². The molecule has 1 rings (SSSR count). The maximum Gasteiger partial charge on any atom is 0.239 e. The molecule has 4 heteroatoms. The van der Waals surface area contributed by atoms with Crippen LogP contribution in [0.3, 0.4) is 0 Å². The Morgan fingerprint density at radius 2 is 2.11 bits per heavy atom. The molecule has 0 aliphatic carbocycles. The van der Waals surface area contributed by atoms with Gasteiger partial charge in [0.2, 0.25) is 5.91 Å². The predicted octanol–water partition coefficient (Wildman–Crippen LogP) is 1.70. The summed E-state index contributed by atoms with van der Waals surface area (Å²) in [6, 6.07) is 7.66. The Kier molecular flexibility index (Phi) is 5.65. The third kappa shape index (κ3) is 3.74. The lowest BCUT2D eigenvalue weighted by Gasteiger charge is -2.26. The van der Waals surface area contributed by atoms with Crippen LogP contribution in [0.4, 0.5) is 5.69 Å². The van der Waals surface area contributed by atoms with E-state index in [0.29, 0.717) is 6.54 Å². The number of nitrogens with one attached hydrogen (secondary N) is 1. The lowest BCUT2D eigenvalue weighted by Crippen LogP contribution is -2.36. The number of rotatable bonds is 6. The van der Waals surface area contributed by atoms with Gasteiger partial charge in [0.05, 0.1) is 12.6 Å². The number of hydrogen-bond donors (Lipinski definition) is 2. The van der Waals surface area contributed by atoms with Crippen molar-refractivity contribution in [1.82, 2.24) is 5.32 Å². The van der Waals surface area contributed by atoms with Crippen LogP contribution in [0.5, 0.6) is 0 Å². The second-order valence-corrected chi connectivity index (χ2v) is 4.33. The average molecular weight is 250 g/mol. The van der Waals surface area contributed by atoms with E-state index in [1.165, 1.54) is 0 Å². The number of para-hydroxylation sites is 1. The molecule has 0 aliphatic rings. The Hall–Kier alpha value is -1.55. The molecule has 1 unspecified atom stereocenters. The molecular formula is C14H22N2O2. The van der Waals surface area contributed by atoms with E-state index in [-0.39, 0.29) is 5.91 Å². The molecule has 0 fully saturated rings. The zero-order valence-electron chi connectivity index (χ0n) is 11.3. The average Bonchev–Trinajstić information content (AvgIpc) is 2.38. The number of aliphatic hydroxyl groups is 1. The standard InChI is InChI=1S/C14H22N2O2/c1-4-9-16(10-14(18)15-3)13-8-6-5-7-12(13)11(2)17/h5-8,11,17H,4,9-10H2,1-3H3,(H,15,18). The van der Waals surface area contributed by atoms with Gasteiger partial charge in [-0.15, -0.1) is 0 Å². The van der Waals surface area contributed by atoms with Gasteiger partial charge in [-0.1, -0.05) is 25.1 Å². The van der Waals surface area contributed by atoms with E-state index in [4.69, 9.17) is 0 Å². The Morgan fingerprint density at radius 3 is 2.67 bits per heavy atom. The number of nitrogens with zero attached hydrogens (tertiary/aromatic N) is 1. The fourth-order valence-electron chi connectivity index (χ4n) is 1.94. The fraction of sp³-hybridized carbons (Fsp3) is 0.500. The number of likely N-dealkylation sites (N-methyl/N-ethyl adjacent to an activating group) is 1. The molecule has 0 spiro atoms. The molecule has 0 saturated carbocycles. The van der Waals surface area contributed by atoms with Crippen molar-refractivity contribution in [2.75, 3.05) is 25.0 Å². The number of anilines is 1. The topological polar surface area (TPSA) is 52.6 Å². The number of amides is 1. The van der Waals surface area contributed by atoms with Crippen LogP contribution in [-0.2, 0) is 4.79 Å². The van der Waals surface area contributed by atoms with Gasteiger partial charge in [-0.2, -0.15) is 0 Å². The second-order valence-electron chi connectivity index (χ2n) is 4.33. The van der Waals surface area contributed by atoms with Gasteiger partial charge in [0.15, 0.2) is 0 Å². The van der Waals surface area contributed by atoms with Crippen molar-refractivity contribution in [2.45, 2.75) is 26.4 Å². The van der Waals surface area contributed by atoms with Gasteiger partial charge in [0, 0.05) is 24.8 Å². The summed E-state index contributed by atoms with van der Waals surface area (Å²) in [6.45, 7) is 4.91. The lowest BCUT2D eigenvalue weighted by atomic mass is 10.1. The van der Waals surface area contributed by atoms with Gasteiger partial charge in [-0.25, -0.2) is 0 Å². The molecule has 1 atom stereocenters. The first-order valence-corrected chi connectivity index (χ1v) is 6.32. The summed E-state index contributed by atoms with van der Waals surface area (Å²) in [6.07, 6.45) is 0.413. The molecule has 1 aromatic carbocycles. The Labute approximate surface area is 109 Å². The minimum Gasteiger partial charge on any atom is -0.389 e. The molecular weight excluding hydrogens is 228 g/mol. The molecule has 100 valence electrons.